The number of rotatable bonds is 3. The first-order valence-electron chi connectivity index (χ1n) is 5.33. The van der Waals surface area contributed by atoms with Crippen LogP contribution in [0.5, 0.6) is 0 Å². The van der Waals surface area contributed by atoms with Crippen molar-refractivity contribution in [1.82, 2.24) is 14.5 Å². The molecule has 6 nitrogen and oxygen atoms in total. The van der Waals surface area contributed by atoms with Crippen LogP contribution in [-0.2, 0) is 6.54 Å². The summed E-state index contributed by atoms with van der Waals surface area (Å²) in [6, 6.07) is 0. The molecule has 1 aromatic heterocycles. The summed E-state index contributed by atoms with van der Waals surface area (Å²) in [4.78, 5) is 2.26. The number of aromatic nitrogens is 2. The second kappa shape index (κ2) is 4.62. The number of likely N-dealkylation sites (tertiary alicyclic amines) is 1. The van der Waals surface area contributed by atoms with E-state index in [0.717, 1.165) is 43.2 Å². The molecule has 1 aliphatic heterocycles. The van der Waals surface area contributed by atoms with Crippen LogP contribution in [0.2, 0.25) is 0 Å². The number of hydrogen-bond acceptors (Lipinski definition) is 7. The number of hydrazine groups is 1. The Bertz CT molecular complexity index is 343. The molecule has 0 aromatic carbocycles. The lowest BCUT2D eigenvalue weighted by atomic mass is 9.94. The lowest BCUT2D eigenvalue weighted by Gasteiger charge is -2.35. The molecule has 1 saturated heterocycles. The number of piperidine rings is 1. The first-order chi connectivity index (χ1) is 7.61. The first-order valence-corrected chi connectivity index (χ1v) is 6.11. The quantitative estimate of drug-likeness (QED) is 0.518. The number of aliphatic hydroxyl groups is 1. The van der Waals surface area contributed by atoms with Crippen molar-refractivity contribution in [2.45, 2.75) is 31.9 Å². The monoisotopic (exact) mass is 243 g/mol. The maximum absolute atomic E-state index is 9.83. The van der Waals surface area contributed by atoms with Crippen LogP contribution < -0.4 is 11.3 Å². The molecule has 2 rings (SSSR count). The summed E-state index contributed by atoms with van der Waals surface area (Å²) in [5.41, 5.74) is 2.97. The summed E-state index contributed by atoms with van der Waals surface area (Å²) in [6.07, 6.45) is 1.60. The second-order valence-corrected chi connectivity index (χ2v) is 5.22. The maximum atomic E-state index is 9.83. The van der Waals surface area contributed by atoms with Crippen molar-refractivity contribution in [3.63, 3.8) is 0 Å². The van der Waals surface area contributed by atoms with E-state index in [1.807, 2.05) is 6.92 Å². The molecule has 1 fully saturated rings. The standard InChI is InChI=1S/C9H17N5OS/c1-9(15)2-4-14(5-3-9)6-7-8(11-10)16-13-12-7/h11,15H,2-6,10H2,1H3. The average molecular weight is 243 g/mol. The molecule has 0 saturated carbocycles. The first kappa shape index (κ1) is 11.7. The van der Waals surface area contributed by atoms with Gasteiger partial charge >= 0.3 is 0 Å². The third-order valence-electron chi connectivity index (χ3n) is 2.99. The fourth-order valence-corrected chi connectivity index (χ4v) is 2.31. The Balaban J connectivity index is 1.92. The van der Waals surface area contributed by atoms with E-state index in [1.54, 1.807) is 0 Å². The zero-order valence-corrected chi connectivity index (χ0v) is 10.1. The highest BCUT2D eigenvalue weighted by molar-refractivity contribution is 7.10. The Kier molecular flexibility index (Phi) is 3.38. The molecule has 0 unspecified atom stereocenters. The van der Waals surface area contributed by atoms with Gasteiger partial charge in [0.05, 0.1) is 5.60 Å². The average Bonchev–Trinajstić information content (AvgIpc) is 2.68. The van der Waals surface area contributed by atoms with Gasteiger partial charge < -0.3 is 10.5 Å². The van der Waals surface area contributed by atoms with Gasteiger partial charge in [-0.25, -0.2) is 5.84 Å². The molecule has 2 heterocycles. The molecule has 0 atom stereocenters. The lowest BCUT2D eigenvalue weighted by molar-refractivity contribution is -0.00752. The predicted molar refractivity (Wildman–Crippen MR) is 62.9 cm³/mol. The predicted octanol–water partition coefficient (Wildman–Crippen LogP) is 0.170. The van der Waals surface area contributed by atoms with Gasteiger partial charge in [-0.15, -0.1) is 5.10 Å². The normalized spacial score (nSPS) is 20.9. The number of nitrogens with zero attached hydrogens (tertiary/aromatic N) is 3. The molecule has 90 valence electrons. The van der Waals surface area contributed by atoms with E-state index in [0.29, 0.717) is 0 Å². The minimum atomic E-state index is -0.508. The van der Waals surface area contributed by atoms with Gasteiger partial charge in [0.15, 0.2) is 0 Å². The molecule has 1 aromatic rings. The van der Waals surface area contributed by atoms with Crippen molar-refractivity contribution >= 4 is 16.5 Å². The third kappa shape index (κ3) is 2.67. The molecular weight excluding hydrogens is 226 g/mol. The molecule has 0 bridgehead atoms. The van der Waals surface area contributed by atoms with Crippen molar-refractivity contribution in [1.29, 1.82) is 0 Å². The highest BCUT2D eigenvalue weighted by atomic mass is 32.1. The van der Waals surface area contributed by atoms with E-state index in [4.69, 9.17) is 5.84 Å². The molecule has 4 N–H and O–H groups in total. The number of anilines is 1. The SMILES string of the molecule is CC1(O)CCN(Cc2nnsc2NN)CC1. The highest BCUT2D eigenvalue weighted by Crippen LogP contribution is 2.24. The number of hydrogen-bond donors (Lipinski definition) is 3. The Morgan fingerprint density at radius 2 is 2.25 bits per heavy atom. The van der Waals surface area contributed by atoms with Crippen molar-refractivity contribution in [3.05, 3.63) is 5.69 Å². The van der Waals surface area contributed by atoms with Crippen LogP contribution in [0.25, 0.3) is 0 Å². The largest absolute Gasteiger partial charge is 0.390 e. The molecule has 16 heavy (non-hydrogen) atoms. The smallest absolute Gasteiger partial charge is 0.148 e. The van der Waals surface area contributed by atoms with E-state index in [9.17, 15) is 5.11 Å². The topological polar surface area (TPSA) is 87.3 Å². The van der Waals surface area contributed by atoms with E-state index in [-0.39, 0.29) is 0 Å². The van der Waals surface area contributed by atoms with E-state index in [2.05, 4.69) is 19.9 Å². The van der Waals surface area contributed by atoms with Crippen LogP contribution in [0.4, 0.5) is 5.00 Å². The Morgan fingerprint density at radius 3 is 2.88 bits per heavy atom. The fraction of sp³-hybridized carbons (Fsp3) is 0.778. The van der Waals surface area contributed by atoms with E-state index in [1.165, 1.54) is 11.5 Å². The summed E-state index contributed by atoms with van der Waals surface area (Å²) in [5.74, 6) is 5.37. The second-order valence-electron chi connectivity index (χ2n) is 4.47. The molecule has 0 spiro atoms. The van der Waals surface area contributed by atoms with Gasteiger partial charge in [0.2, 0.25) is 0 Å². The van der Waals surface area contributed by atoms with Crippen LogP contribution >= 0.6 is 11.5 Å². The van der Waals surface area contributed by atoms with Gasteiger partial charge in [0, 0.05) is 31.2 Å². The van der Waals surface area contributed by atoms with Crippen molar-refractivity contribution in [2.75, 3.05) is 18.5 Å². The van der Waals surface area contributed by atoms with Crippen LogP contribution in [-0.4, -0.2) is 38.3 Å². The highest BCUT2D eigenvalue weighted by Gasteiger charge is 2.27. The summed E-state index contributed by atoms with van der Waals surface area (Å²) in [7, 11) is 0. The maximum Gasteiger partial charge on any atom is 0.148 e. The summed E-state index contributed by atoms with van der Waals surface area (Å²) in [5, 5.41) is 14.7. The zero-order valence-electron chi connectivity index (χ0n) is 9.31. The van der Waals surface area contributed by atoms with Crippen LogP contribution in [0.1, 0.15) is 25.5 Å². The molecule has 0 radical (unpaired) electrons. The number of nitrogens with one attached hydrogen (secondary N) is 1. The van der Waals surface area contributed by atoms with Gasteiger partial charge in [-0.3, -0.25) is 4.90 Å². The summed E-state index contributed by atoms with van der Waals surface area (Å²) in [6.45, 7) is 4.40. The number of nitrogen functional groups attached to an aromatic ring is 1. The molecule has 7 heteroatoms. The van der Waals surface area contributed by atoms with Crippen LogP contribution in [0.15, 0.2) is 0 Å². The fourth-order valence-electron chi connectivity index (χ4n) is 1.83. The minimum absolute atomic E-state index is 0.508. The molecule has 1 aliphatic rings. The van der Waals surface area contributed by atoms with E-state index >= 15 is 0 Å². The van der Waals surface area contributed by atoms with Gasteiger partial charge in [0.1, 0.15) is 10.7 Å². The number of nitrogens with two attached hydrogens (primary N) is 1. The summed E-state index contributed by atoms with van der Waals surface area (Å²) >= 11 is 1.26. The van der Waals surface area contributed by atoms with Gasteiger partial charge in [0.25, 0.3) is 0 Å². The Morgan fingerprint density at radius 1 is 1.56 bits per heavy atom. The van der Waals surface area contributed by atoms with Gasteiger partial charge in [-0.05, 0) is 19.8 Å². The van der Waals surface area contributed by atoms with Gasteiger partial charge in [-0.1, -0.05) is 4.49 Å². The van der Waals surface area contributed by atoms with Crippen molar-refractivity contribution in [2.24, 2.45) is 5.84 Å². The zero-order chi connectivity index (χ0) is 11.6. The van der Waals surface area contributed by atoms with Crippen molar-refractivity contribution < 1.29 is 5.11 Å². The molecule has 0 amide bonds. The molecular formula is C9H17N5OS. The van der Waals surface area contributed by atoms with Gasteiger partial charge in [-0.2, -0.15) is 0 Å². The third-order valence-corrected chi connectivity index (χ3v) is 3.69. The Hall–Kier alpha value is -0.760. The lowest BCUT2D eigenvalue weighted by Crippen LogP contribution is -2.42. The van der Waals surface area contributed by atoms with Crippen LogP contribution in [0, 0.1) is 0 Å². The van der Waals surface area contributed by atoms with Crippen molar-refractivity contribution in [3.8, 4) is 0 Å². The molecule has 0 aliphatic carbocycles. The Labute approximate surface area is 98.6 Å². The summed E-state index contributed by atoms with van der Waals surface area (Å²) < 4.78 is 3.86. The van der Waals surface area contributed by atoms with Crippen LogP contribution in [0.3, 0.4) is 0 Å². The minimum Gasteiger partial charge on any atom is -0.390 e. The van der Waals surface area contributed by atoms with E-state index < -0.39 is 5.60 Å².